The second kappa shape index (κ2) is 4.68. The minimum absolute atomic E-state index is 0.588. The van der Waals surface area contributed by atoms with Crippen LogP contribution in [0, 0.1) is 6.92 Å². The highest BCUT2D eigenvalue weighted by atomic mass is 35.5. The van der Waals surface area contributed by atoms with Crippen LogP contribution in [0.15, 0.2) is 30.5 Å². The number of halogens is 1. The van der Waals surface area contributed by atoms with Gasteiger partial charge in [-0.2, -0.15) is 5.10 Å². The van der Waals surface area contributed by atoms with Crippen molar-refractivity contribution in [3.63, 3.8) is 0 Å². The molecule has 0 saturated carbocycles. The lowest BCUT2D eigenvalue weighted by atomic mass is 10.1. The highest BCUT2D eigenvalue weighted by Crippen LogP contribution is 2.29. The first-order chi connectivity index (χ1) is 7.74. The van der Waals surface area contributed by atoms with Gasteiger partial charge in [-0.3, -0.25) is 4.68 Å². The van der Waals surface area contributed by atoms with Gasteiger partial charge in [-0.1, -0.05) is 29.8 Å². The molecule has 2 N–H and O–H groups in total. The van der Waals surface area contributed by atoms with Crippen molar-refractivity contribution in [1.29, 1.82) is 0 Å². The average molecular weight is 236 g/mol. The number of benzene rings is 1. The number of aromatic nitrogens is 2. The lowest BCUT2D eigenvalue weighted by Crippen LogP contribution is -2.12. The van der Waals surface area contributed by atoms with E-state index in [1.165, 1.54) is 0 Å². The molecule has 4 heteroatoms. The molecule has 1 aromatic carbocycles. The van der Waals surface area contributed by atoms with Crippen molar-refractivity contribution in [2.24, 2.45) is 5.73 Å². The Morgan fingerprint density at radius 2 is 2.06 bits per heavy atom. The second-order valence-corrected chi connectivity index (χ2v) is 4.04. The molecule has 0 fully saturated rings. The molecule has 0 radical (unpaired) electrons. The third-order valence-electron chi connectivity index (χ3n) is 2.61. The fraction of sp³-hybridized carbons (Fsp3) is 0.250. The molecule has 0 aliphatic heterocycles. The summed E-state index contributed by atoms with van der Waals surface area (Å²) in [6.07, 6.45) is 1.84. The Bertz CT molecular complexity index is 491. The molecule has 0 aliphatic carbocycles. The highest BCUT2D eigenvalue weighted by molar-refractivity contribution is 6.33. The van der Waals surface area contributed by atoms with Crippen LogP contribution in [0.3, 0.4) is 0 Å². The Labute approximate surface area is 99.8 Å². The highest BCUT2D eigenvalue weighted by Gasteiger charge is 2.10. The summed E-state index contributed by atoms with van der Waals surface area (Å²) in [6, 6.07) is 7.78. The van der Waals surface area contributed by atoms with Crippen molar-refractivity contribution >= 4 is 11.6 Å². The predicted molar refractivity (Wildman–Crippen MR) is 66.5 cm³/mol. The fourth-order valence-electron chi connectivity index (χ4n) is 1.74. The van der Waals surface area contributed by atoms with Crippen LogP contribution in [0.4, 0.5) is 0 Å². The first kappa shape index (κ1) is 11.2. The van der Waals surface area contributed by atoms with E-state index in [1.807, 2.05) is 42.1 Å². The summed E-state index contributed by atoms with van der Waals surface area (Å²) in [7, 11) is 0. The van der Waals surface area contributed by atoms with Crippen LogP contribution in [0.25, 0.3) is 11.1 Å². The van der Waals surface area contributed by atoms with Gasteiger partial charge in [0, 0.05) is 28.4 Å². The summed E-state index contributed by atoms with van der Waals surface area (Å²) in [4.78, 5) is 0. The van der Waals surface area contributed by atoms with E-state index in [0.717, 1.165) is 28.4 Å². The fourth-order valence-corrected chi connectivity index (χ4v) is 1.98. The lowest BCUT2D eigenvalue weighted by Gasteiger charge is -2.05. The maximum atomic E-state index is 6.16. The van der Waals surface area contributed by atoms with E-state index in [0.29, 0.717) is 6.54 Å². The van der Waals surface area contributed by atoms with Gasteiger partial charge in [0.25, 0.3) is 0 Å². The van der Waals surface area contributed by atoms with Crippen LogP contribution in [0.1, 0.15) is 5.69 Å². The van der Waals surface area contributed by atoms with E-state index in [4.69, 9.17) is 17.3 Å². The van der Waals surface area contributed by atoms with Gasteiger partial charge >= 0.3 is 0 Å². The number of nitrogens with two attached hydrogens (primary N) is 1. The van der Waals surface area contributed by atoms with E-state index in [-0.39, 0.29) is 0 Å². The molecule has 16 heavy (non-hydrogen) atoms. The van der Waals surface area contributed by atoms with Gasteiger partial charge in [-0.15, -0.1) is 0 Å². The van der Waals surface area contributed by atoms with Crippen molar-refractivity contribution in [3.05, 3.63) is 41.2 Å². The normalized spacial score (nSPS) is 10.7. The van der Waals surface area contributed by atoms with Crippen LogP contribution < -0.4 is 5.73 Å². The van der Waals surface area contributed by atoms with Gasteiger partial charge in [0.15, 0.2) is 0 Å². The Hall–Kier alpha value is -1.32. The summed E-state index contributed by atoms with van der Waals surface area (Å²) in [5.74, 6) is 0. The molecule has 2 rings (SSSR count). The van der Waals surface area contributed by atoms with Crippen molar-refractivity contribution in [1.82, 2.24) is 9.78 Å². The van der Waals surface area contributed by atoms with Crippen molar-refractivity contribution < 1.29 is 0 Å². The van der Waals surface area contributed by atoms with Gasteiger partial charge in [0.2, 0.25) is 0 Å². The molecular weight excluding hydrogens is 222 g/mol. The molecule has 2 aromatic rings. The van der Waals surface area contributed by atoms with Crippen molar-refractivity contribution in [2.75, 3.05) is 6.54 Å². The summed E-state index contributed by atoms with van der Waals surface area (Å²) >= 11 is 6.16. The van der Waals surface area contributed by atoms with Crippen LogP contribution in [-0.4, -0.2) is 16.3 Å². The van der Waals surface area contributed by atoms with E-state index in [2.05, 4.69) is 5.10 Å². The van der Waals surface area contributed by atoms with Gasteiger partial charge in [0.1, 0.15) is 0 Å². The zero-order valence-corrected chi connectivity index (χ0v) is 9.91. The number of nitrogens with zero attached hydrogens (tertiary/aromatic N) is 2. The Morgan fingerprint density at radius 1 is 1.31 bits per heavy atom. The molecule has 3 nitrogen and oxygen atoms in total. The Balaban J connectivity index is 2.45. The van der Waals surface area contributed by atoms with Crippen molar-refractivity contribution in [3.8, 4) is 11.1 Å². The number of rotatable bonds is 3. The first-order valence-corrected chi connectivity index (χ1v) is 5.59. The van der Waals surface area contributed by atoms with Crippen molar-refractivity contribution in [2.45, 2.75) is 13.5 Å². The number of hydrogen-bond acceptors (Lipinski definition) is 2. The smallest absolute Gasteiger partial charge is 0.0571 e. The van der Waals surface area contributed by atoms with E-state index < -0.39 is 0 Å². The molecule has 0 aliphatic rings. The largest absolute Gasteiger partial charge is 0.329 e. The molecule has 0 amide bonds. The third kappa shape index (κ3) is 1.96. The molecule has 0 spiro atoms. The van der Waals surface area contributed by atoms with Gasteiger partial charge in [0.05, 0.1) is 12.7 Å². The molecule has 0 saturated heterocycles. The third-order valence-corrected chi connectivity index (χ3v) is 2.94. The maximum Gasteiger partial charge on any atom is 0.0571 e. The summed E-state index contributed by atoms with van der Waals surface area (Å²) in [6.45, 7) is 3.35. The van der Waals surface area contributed by atoms with Crippen LogP contribution in [0.5, 0.6) is 0 Å². The Kier molecular flexibility index (Phi) is 3.27. The number of hydrogen-bond donors (Lipinski definition) is 1. The predicted octanol–water partition coefficient (Wildman–Crippen LogP) is 2.47. The Morgan fingerprint density at radius 3 is 2.75 bits per heavy atom. The second-order valence-electron chi connectivity index (χ2n) is 3.64. The topological polar surface area (TPSA) is 43.8 Å². The standard InChI is InChI=1S/C12H14ClN3/c1-9-11(8-15-16(9)7-6-14)10-4-2-3-5-12(10)13/h2-5,8H,6-7,14H2,1H3. The van der Waals surface area contributed by atoms with Gasteiger partial charge in [-0.05, 0) is 13.0 Å². The van der Waals surface area contributed by atoms with Crippen LogP contribution in [-0.2, 0) is 6.54 Å². The SMILES string of the molecule is Cc1c(-c2ccccc2Cl)cnn1CCN. The first-order valence-electron chi connectivity index (χ1n) is 5.21. The monoisotopic (exact) mass is 235 g/mol. The molecule has 0 bridgehead atoms. The maximum absolute atomic E-state index is 6.16. The molecule has 0 unspecified atom stereocenters. The summed E-state index contributed by atoms with van der Waals surface area (Å²) in [5.41, 5.74) is 8.70. The molecule has 1 aromatic heterocycles. The van der Waals surface area contributed by atoms with E-state index >= 15 is 0 Å². The molecular formula is C12H14ClN3. The zero-order chi connectivity index (χ0) is 11.5. The van der Waals surface area contributed by atoms with Crippen LogP contribution >= 0.6 is 11.6 Å². The zero-order valence-electron chi connectivity index (χ0n) is 9.15. The summed E-state index contributed by atoms with van der Waals surface area (Å²) < 4.78 is 1.90. The lowest BCUT2D eigenvalue weighted by molar-refractivity contribution is 0.608. The van der Waals surface area contributed by atoms with Crippen LogP contribution in [0.2, 0.25) is 5.02 Å². The molecule has 84 valence electrons. The minimum Gasteiger partial charge on any atom is -0.329 e. The van der Waals surface area contributed by atoms with Gasteiger partial charge < -0.3 is 5.73 Å². The van der Waals surface area contributed by atoms with E-state index in [9.17, 15) is 0 Å². The van der Waals surface area contributed by atoms with E-state index in [1.54, 1.807) is 0 Å². The van der Waals surface area contributed by atoms with Gasteiger partial charge in [-0.25, -0.2) is 0 Å². The molecule has 0 atom stereocenters. The quantitative estimate of drug-likeness (QED) is 0.888. The minimum atomic E-state index is 0.588. The molecule has 1 heterocycles. The average Bonchev–Trinajstić information content (AvgIpc) is 2.62. The summed E-state index contributed by atoms with van der Waals surface area (Å²) in [5, 5.41) is 5.05.